The van der Waals surface area contributed by atoms with Crippen LogP contribution in [0, 0.1) is 13.8 Å². The summed E-state index contributed by atoms with van der Waals surface area (Å²) in [6, 6.07) is 19.0. The summed E-state index contributed by atoms with van der Waals surface area (Å²) in [4.78, 5) is 12.6. The van der Waals surface area contributed by atoms with Crippen LogP contribution in [-0.2, 0) is 51.1 Å². The topological polar surface area (TPSA) is 110 Å². The highest BCUT2D eigenvalue weighted by Crippen LogP contribution is 2.42. The summed E-state index contributed by atoms with van der Waals surface area (Å²) >= 11 is 0. The molecule has 10 nitrogen and oxygen atoms in total. The van der Waals surface area contributed by atoms with Gasteiger partial charge in [0.25, 0.3) is 0 Å². The highest BCUT2D eigenvalue weighted by molar-refractivity contribution is 7.95. The molecule has 4 rings (SSSR count). The van der Waals surface area contributed by atoms with Crippen LogP contribution in [-0.4, -0.2) is 104 Å². The maximum atomic E-state index is 14.0. The molecule has 3 aromatic carbocycles. The summed E-state index contributed by atoms with van der Waals surface area (Å²) in [6.45, 7) is 15.5. The zero-order valence-corrected chi connectivity index (χ0v) is 37.6. The van der Waals surface area contributed by atoms with Gasteiger partial charge in [-0.3, -0.25) is 4.79 Å². The van der Waals surface area contributed by atoms with E-state index in [1.54, 1.807) is 0 Å². The van der Waals surface area contributed by atoms with E-state index in [2.05, 4.69) is 76.3 Å². The van der Waals surface area contributed by atoms with Crippen molar-refractivity contribution in [3.8, 4) is 22.6 Å². The van der Waals surface area contributed by atoms with E-state index in [-0.39, 0.29) is 42.6 Å². The number of carbonyl (C=O) groups is 1. The molecule has 0 spiro atoms. The number of carbonyl (C=O) groups excluding carboxylic acids is 1. The number of nitrogens with zero attached hydrogens (tertiary/aromatic N) is 1. The summed E-state index contributed by atoms with van der Waals surface area (Å²) in [5, 5.41) is 0. The Morgan fingerprint density at radius 2 is 1.59 bits per heavy atom. The summed E-state index contributed by atoms with van der Waals surface area (Å²) in [6.07, 6.45) is 5.75. The fourth-order valence-corrected chi connectivity index (χ4v) is 9.51. The van der Waals surface area contributed by atoms with Crippen LogP contribution in [0.5, 0.6) is 11.5 Å². The van der Waals surface area contributed by atoms with Crippen LogP contribution in [0.15, 0.2) is 54.6 Å². The highest BCUT2D eigenvalue weighted by Gasteiger charge is 2.31. The minimum atomic E-state index is -3.90. The lowest BCUT2D eigenvalue weighted by Crippen LogP contribution is -2.39. The zero-order chi connectivity index (χ0) is 40.9. The fraction of sp³-hybridized carbons (Fsp3) is 0.558. The highest BCUT2D eigenvalue weighted by atomic mass is 32.2. The second-order valence-corrected chi connectivity index (χ2v) is 25.9. The molecular formula is C43H64NO9S2Si+. The van der Waals surface area contributed by atoms with Crippen LogP contribution in [0.3, 0.4) is 0 Å². The number of fused-ring (bicyclic) bond motifs is 1. The Hall–Kier alpha value is -2.91. The third-order valence-corrected chi connectivity index (χ3v) is 14.4. The molecule has 0 aromatic heterocycles. The molecule has 0 N–H and O–H groups in total. The molecule has 1 aliphatic rings. The van der Waals surface area contributed by atoms with Crippen molar-refractivity contribution in [2.75, 3.05) is 77.6 Å². The molecule has 0 heterocycles. The molecule has 1 unspecified atom stereocenters. The first-order valence-corrected chi connectivity index (χ1v) is 27.1. The number of benzene rings is 3. The lowest BCUT2D eigenvalue weighted by atomic mass is 9.90. The molecule has 0 bridgehead atoms. The van der Waals surface area contributed by atoms with E-state index < -0.39 is 30.0 Å². The Balaban J connectivity index is 1.49. The van der Waals surface area contributed by atoms with Crippen LogP contribution in [0.25, 0.3) is 11.1 Å². The molecule has 2 atom stereocenters. The Labute approximate surface area is 339 Å². The summed E-state index contributed by atoms with van der Waals surface area (Å²) in [7, 11) is -3.78. The monoisotopic (exact) mass is 830 g/mol. The van der Waals surface area contributed by atoms with Crippen LogP contribution in [0.2, 0.25) is 25.7 Å². The fourth-order valence-electron chi connectivity index (χ4n) is 6.80. The van der Waals surface area contributed by atoms with E-state index in [1.165, 1.54) is 33.7 Å². The molecule has 56 heavy (non-hydrogen) atoms. The second kappa shape index (κ2) is 21.7. The van der Waals surface area contributed by atoms with Crippen molar-refractivity contribution in [1.82, 2.24) is 4.31 Å². The number of hydrogen-bond donors (Lipinski definition) is 0. The third-order valence-electron chi connectivity index (χ3n) is 9.87. The van der Waals surface area contributed by atoms with Gasteiger partial charge < -0.3 is 28.4 Å². The molecule has 0 amide bonds. The van der Waals surface area contributed by atoms with E-state index in [1.807, 2.05) is 31.2 Å². The largest absolute Gasteiger partial charge is 0.491 e. The molecule has 0 radical (unpaired) electrons. The quantitative estimate of drug-likeness (QED) is 0.0293. The number of esters is 1. The average molecular weight is 831 g/mol. The van der Waals surface area contributed by atoms with Gasteiger partial charge in [-0.05, 0) is 114 Å². The lowest BCUT2D eigenvalue weighted by molar-refractivity contribution is -0.140. The average Bonchev–Trinajstić information content (AvgIpc) is 3.54. The summed E-state index contributed by atoms with van der Waals surface area (Å²) in [5.41, 5.74) is 7.91. The first-order chi connectivity index (χ1) is 26.6. The van der Waals surface area contributed by atoms with Crippen LogP contribution in [0.4, 0.5) is 0 Å². The van der Waals surface area contributed by atoms with Gasteiger partial charge in [0.1, 0.15) is 43.4 Å². The van der Waals surface area contributed by atoms with Gasteiger partial charge in [-0.15, -0.1) is 0 Å². The normalized spacial score (nSPS) is 14.9. The summed E-state index contributed by atoms with van der Waals surface area (Å²) < 4.78 is 63.8. The Morgan fingerprint density at radius 3 is 2.21 bits per heavy atom. The molecule has 0 aliphatic heterocycles. The minimum Gasteiger partial charge on any atom is -0.491 e. The first-order valence-electron chi connectivity index (χ1n) is 19.6. The number of rotatable bonds is 24. The van der Waals surface area contributed by atoms with Gasteiger partial charge in [-0.2, -0.15) is 4.31 Å². The molecule has 0 saturated heterocycles. The number of hydrogen-bond acceptors (Lipinski definition) is 9. The molecule has 1 aliphatic carbocycles. The van der Waals surface area contributed by atoms with E-state index in [0.717, 1.165) is 41.5 Å². The second-order valence-electron chi connectivity index (χ2n) is 15.8. The van der Waals surface area contributed by atoms with Crippen molar-refractivity contribution in [3.05, 3.63) is 82.4 Å². The van der Waals surface area contributed by atoms with Crippen molar-refractivity contribution in [3.63, 3.8) is 0 Å². The van der Waals surface area contributed by atoms with Crippen molar-refractivity contribution in [2.24, 2.45) is 0 Å². The minimum absolute atomic E-state index is 0.0897. The van der Waals surface area contributed by atoms with Gasteiger partial charge in [-0.1, -0.05) is 50.0 Å². The Morgan fingerprint density at radius 1 is 0.911 bits per heavy atom. The number of ether oxygens (including phenoxy) is 6. The molecule has 0 fully saturated rings. The first kappa shape index (κ1) is 45.8. The van der Waals surface area contributed by atoms with E-state index in [4.69, 9.17) is 28.4 Å². The maximum Gasteiger partial charge on any atom is 0.306 e. The summed E-state index contributed by atoms with van der Waals surface area (Å²) in [5.74, 6) is 0.937. The van der Waals surface area contributed by atoms with Crippen molar-refractivity contribution in [1.29, 1.82) is 0 Å². The van der Waals surface area contributed by atoms with Crippen LogP contribution >= 0.6 is 0 Å². The Bertz CT molecular complexity index is 1790. The van der Waals surface area contributed by atoms with Crippen molar-refractivity contribution >= 4 is 35.0 Å². The maximum absolute atomic E-state index is 14.0. The van der Waals surface area contributed by atoms with Gasteiger partial charge in [0, 0.05) is 27.2 Å². The SMILES string of the molecule is CCOCCOc1cc(C)c(-c2cccc3c2CC[C@H]3Oc2ccc(C(CC(=O)OC)CS(=O)(=O)N(COCC[S+](C)C)COCC[Si](C)(C)C)cc2)c(C)c1. The van der Waals surface area contributed by atoms with Gasteiger partial charge in [-0.25, -0.2) is 8.42 Å². The van der Waals surface area contributed by atoms with Gasteiger partial charge >= 0.3 is 5.97 Å². The lowest BCUT2D eigenvalue weighted by Gasteiger charge is -2.25. The number of sulfonamides is 1. The standard InChI is InChI=1S/C43H64NO9S2Si/c1-10-49-20-21-52-37-26-32(2)43(33(3)27-37)40-13-11-12-39-38(40)18-19-41(39)53-36-16-14-34(15-17-36)35(28-42(45)48-4)29-55(46,47)44(30-50-22-24-54(5)6)31-51-23-25-56(7,8)9/h11-17,26-27,35,41H,10,18-25,28-31H2,1-9H3/q+1/t35?,41-/m1/s1. The van der Waals surface area contributed by atoms with Crippen molar-refractivity contribution < 1.29 is 41.6 Å². The smallest absolute Gasteiger partial charge is 0.306 e. The predicted octanol–water partition coefficient (Wildman–Crippen LogP) is 7.89. The molecule has 3 aromatic rings. The van der Waals surface area contributed by atoms with Crippen LogP contribution < -0.4 is 9.47 Å². The van der Waals surface area contributed by atoms with E-state index in [9.17, 15) is 13.2 Å². The number of methoxy groups -OCH3 is 1. The van der Waals surface area contributed by atoms with E-state index in [0.29, 0.717) is 44.3 Å². The predicted molar refractivity (Wildman–Crippen MR) is 230 cm³/mol. The van der Waals surface area contributed by atoms with Crippen LogP contribution in [0.1, 0.15) is 59.6 Å². The zero-order valence-electron chi connectivity index (χ0n) is 35.0. The molecule has 310 valence electrons. The molecule has 0 saturated carbocycles. The third kappa shape index (κ3) is 13.9. The van der Waals surface area contributed by atoms with Crippen molar-refractivity contribution in [2.45, 2.75) is 77.7 Å². The van der Waals surface area contributed by atoms with Gasteiger partial charge in [0.2, 0.25) is 10.0 Å². The number of aryl methyl sites for hydroxylation is 2. The molecule has 13 heteroatoms. The van der Waals surface area contributed by atoms with E-state index >= 15 is 0 Å². The molecular weight excluding hydrogens is 767 g/mol. The van der Waals surface area contributed by atoms with Gasteiger partial charge in [0.15, 0.2) is 0 Å². The van der Waals surface area contributed by atoms with Gasteiger partial charge in [0.05, 0.1) is 45.0 Å². The Kier molecular flexibility index (Phi) is 17.8.